The summed E-state index contributed by atoms with van der Waals surface area (Å²) in [6.45, 7) is 2.08. The van der Waals surface area contributed by atoms with E-state index in [2.05, 4.69) is 52.4 Å². The molecular weight excluding hydrogens is 330 g/mol. The predicted molar refractivity (Wildman–Crippen MR) is 89.3 cm³/mol. The normalized spacial score (nSPS) is 12.0. The number of methoxy groups -OCH3 is 2. The van der Waals surface area contributed by atoms with Crippen LogP contribution in [0.25, 0.3) is 0 Å². The fourth-order valence-corrected chi connectivity index (χ4v) is 3.12. The molecule has 0 aliphatic carbocycles. The molecular formula is C17H20BrNO2. The van der Waals surface area contributed by atoms with Crippen LogP contribution >= 0.6 is 15.9 Å². The van der Waals surface area contributed by atoms with Crippen LogP contribution in [-0.4, -0.2) is 21.3 Å². The molecule has 1 unspecified atom stereocenters. The largest absolute Gasteiger partial charge is 0.493 e. The molecule has 3 nitrogen and oxygen atoms in total. The Kier molecular flexibility index (Phi) is 5.26. The fraction of sp³-hybridized carbons (Fsp3) is 0.294. The molecule has 0 saturated heterocycles. The summed E-state index contributed by atoms with van der Waals surface area (Å²) in [5.41, 5.74) is 3.54. The van der Waals surface area contributed by atoms with Gasteiger partial charge < -0.3 is 14.8 Å². The van der Waals surface area contributed by atoms with Crippen molar-refractivity contribution in [3.8, 4) is 11.5 Å². The van der Waals surface area contributed by atoms with Gasteiger partial charge in [-0.3, -0.25) is 0 Å². The van der Waals surface area contributed by atoms with Crippen molar-refractivity contribution < 1.29 is 9.47 Å². The number of ether oxygens (including phenoxy) is 2. The molecule has 0 spiro atoms. The summed E-state index contributed by atoms with van der Waals surface area (Å²) >= 11 is 3.65. The average Bonchev–Trinajstić information content (AvgIpc) is 2.49. The van der Waals surface area contributed by atoms with Crippen molar-refractivity contribution >= 4 is 15.9 Å². The molecule has 2 aromatic carbocycles. The molecule has 2 rings (SSSR count). The molecule has 0 amide bonds. The van der Waals surface area contributed by atoms with E-state index in [9.17, 15) is 0 Å². The van der Waals surface area contributed by atoms with Crippen LogP contribution in [0.15, 0.2) is 40.9 Å². The summed E-state index contributed by atoms with van der Waals surface area (Å²) in [6, 6.07) is 12.4. The monoisotopic (exact) mass is 349 g/mol. The molecule has 1 atom stereocenters. The van der Waals surface area contributed by atoms with Crippen molar-refractivity contribution in [3.05, 3.63) is 57.6 Å². The Morgan fingerprint density at radius 1 is 1.00 bits per heavy atom. The number of benzene rings is 2. The van der Waals surface area contributed by atoms with Crippen LogP contribution in [-0.2, 0) is 0 Å². The molecule has 0 aliphatic heterocycles. The first-order chi connectivity index (χ1) is 10.1. The lowest BCUT2D eigenvalue weighted by Crippen LogP contribution is -2.18. The van der Waals surface area contributed by atoms with Crippen LogP contribution in [0.2, 0.25) is 0 Å². The maximum Gasteiger partial charge on any atom is 0.161 e. The third-order valence-corrected chi connectivity index (χ3v) is 4.18. The van der Waals surface area contributed by atoms with Gasteiger partial charge in [0.25, 0.3) is 0 Å². The predicted octanol–water partition coefficient (Wildman–Crippen LogP) is 4.08. The van der Waals surface area contributed by atoms with Gasteiger partial charge in [-0.2, -0.15) is 0 Å². The molecule has 2 aromatic rings. The van der Waals surface area contributed by atoms with Gasteiger partial charge >= 0.3 is 0 Å². The van der Waals surface area contributed by atoms with Crippen LogP contribution < -0.4 is 14.8 Å². The molecule has 0 bridgehead atoms. The Hall–Kier alpha value is -1.52. The van der Waals surface area contributed by atoms with Crippen LogP contribution in [0.1, 0.15) is 22.7 Å². The lowest BCUT2D eigenvalue weighted by atomic mass is 9.97. The van der Waals surface area contributed by atoms with Gasteiger partial charge in [-0.1, -0.05) is 34.1 Å². The summed E-state index contributed by atoms with van der Waals surface area (Å²) < 4.78 is 11.8. The van der Waals surface area contributed by atoms with Crippen molar-refractivity contribution in [1.29, 1.82) is 0 Å². The average molecular weight is 350 g/mol. The SMILES string of the molecule is CNC(c1ccc(OC)c(OC)c1)c1ccc(C)cc1Br. The van der Waals surface area contributed by atoms with Crippen molar-refractivity contribution in [2.24, 2.45) is 0 Å². The second-order valence-electron chi connectivity index (χ2n) is 4.86. The molecule has 112 valence electrons. The molecule has 0 heterocycles. The lowest BCUT2D eigenvalue weighted by molar-refractivity contribution is 0.354. The van der Waals surface area contributed by atoms with Gasteiger partial charge in [0.05, 0.1) is 20.3 Å². The zero-order chi connectivity index (χ0) is 15.4. The number of aryl methyl sites for hydroxylation is 1. The minimum Gasteiger partial charge on any atom is -0.493 e. The highest BCUT2D eigenvalue weighted by molar-refractivity contribution is 9.10. The fourth-order valence-electron chi connectivity index (χ4n) is 2.40. The van der Waals surface area contributed by atoms with Gasteiger partial charge in [0.1, 0.15) is 0 Å². The Balaban J connectivity index is 2.46. The Morgan fingerprint density at radius 3 is 2.29 bits per heavy atom. The summed E-state index contributed by atoms with van der Waals surface area (Å²) in [7, 11) is 5.25. The Labute approximate surface area is 134 Å². The molecule has 0 saturated carbocycles. The summed E-state index contributed by atoms with van der Waals surface area (Å²) in [6.07, 6.45) is 0. The zero-order valence-corrected chi connectivity index (χ0v) is 14.3. The molecule has 0 fully saturated rings. The first-order valence-electron chi connectivity index (χ1n) is 6.76. The standard InChI is InChI=1S/C17H20BrNO2/c1-11-5-7-13(14(18)9-11)17(19-2)12-6-8-15(20-3)16(10-12)21-4/h5-10,17,19H,1-4H3. The summed E-state index contributed by atoms with van der Waals surface area (Å²) in [5, 5.41) is 3.36. The Morgan fingerprint density at radius 2 is 1.71 bits per heavy atom. The van der Waals surface area contributed by atoms with Crippen molar-refractivity contribution in [1.82, 2.24) is 5.32 Å². The first-order valence-corrected chi connectivity index (χ1v) is 7.55. The highest BCUT2D eigenvalue weighted by atomic mass is 79.9. The van der Waals surface area contributed by atoms with E-state index in [1.807, 2.05) is 19.2 Å². The molecule has 1 N–H and O–H groups in total. The second-order valence-corrected chi connectivity index (χ2v) is 5.72. The maximum absolute atomic E-state index is 5.39. The zero-order valence-electron chi connectivity index (χ0n) is 12.7. The van der Waals surface area contributed by atoms with Crippen LogP contribution in [0.4, 0.5) is 0 Å². The van der Waals surface area contributed by atoms with Gasteiger partial charge in [-0.15, -0.1) is 0 Å². The minimum atomic E-state index is 0.0831. The number of hydrogen-bond donors (Lipinski definition) is 1. The van der Waals surface area contributed by atoms with Crippen molar-refractivity contribution in [2.75, 3.05) is 21.3 Å². The van der Waals surface area contributed by atoms with E-state index in [1.54, 1.807) is 14.2 Å². The Bertz CT molecular complexity index is 628. The molecule has 21 heavy (non-hydrogen) atoms. The van der Waals surface area contributed by atoms with E-state index < -0.39 is 0 Å². The van der Waals surface area contributed by atoms with Gasteiger partial charge in [-0.05, 0) is 48.9 Å². The van der Waals surface area contributed by atoms with E-state index in [-0.39, 0.29) is 6.04 Å². The van der Waals surface area contributed by atoms with Gasteiger partial charge in [0.2, 0.25) is 0 Å². The maximum atomic E-state index is 5.39. The third-order valence-electron chi connectivity index (χ3n) is 3.50. The van der Waals surface area contributed by atoms with Crippen LogP contribution in [0, 0.1) is 6.92 Å². The highest BCUT2D eigenvalue weighted by Crippen LogP contribution is 2.34. The van der Waals surface area contributed by atoms with E-state index in [4.69, 9.17) is 9.47 Å². The van der Waals surface area contributed by atoms with E-state index in [1.165, 1.54) is 11.1 Å². The van der Waals surface area contributed by atoms with Gasteiger partial charge in [0.15, 0.2) is 11.5 Å². The number of hydrogen-bond acceptors (Lipinski definition) is 3. The first kappa shape index (κ1) is 15.9. The second kappa shape index (κ2) is 6.96. The molecule has 4 heteroatoms. The topological polar surface area (TPSA) is 30.5 Å². The molecule has 0 aliphatic rings. The van der Waals surface area contributed by atoms with Crippen molar-refractivity contribution in [2.45, 2.75) is 13.0 Å². The highest BCUT2D eigenvalue weighted by Gasteiger charge is 2.17. The summed E-state index contributed by atoms with van der Waals surface area (Å²) in [5.74, 6) is 1.47. The van der Waals surface area contributed by atoms with Crippen molar-refractivity contribution in [3.63, 3.8) is 0 Å². The smallest absolute Gasteiger partial charge is 0.161 e. The number of nitrogens with one attached hydrogen (secondary N) is 1. The lowest BCUT2D eigenvalue weighted by Gasteiger charge is -2.20. The number of rotatable bonds is 5. The van der Waals surface area contributed by atoms with E-state index in [0.717, 1.165) is 21.5 Å². The number of halogens is 1. The molecule has 0 aromatic heterocycles. The van der Waals surface area contributed by atoms with E-state index >= 15 is 0 Å². The minimum absolute atomic E-state index is 0.0831. The molecule has 0 radical (unpaired) electrons. The van der Waals surface area contributed by atoms with Crippen LogP contribution in [0.5, 0.6) is 11.5 Å². The quantitative estimate of drug-likeness (QED) is 0.881. The van der Waals surface area contributed by atoms with E-state index in [0.29, 0.717) is 0 Å². The third kappa shape index (κ3) is 3.39. The van der Waals surface area contributed by atoms with Crippen LogP contribution in [0.3, 0.4) is 0 Å². The summed E-state index contributed by atoms with van der Waals surface area (Å²) in [4.78, 5) is 0. The van der Waals surface area contributed by atoms with Gasteiger partial charge in [-0.25, -0.2) is 0 Å². The van der Waals surface area contributed by atoms with Gasteiger partial charge in [0, 0.05) is 4.47 Å².